The Kier molecular flexibility index (Phi) is 5.71. The SMILES string of the molecule is F[C@H]1CCN(CCn2ncc3cc(N4C=CC(OCc5ccccc5)=CC4)ccc32)C1. The Labute approximate surface area is 182 Å². The van der Waals surface area contributed by atoms with Crippen molar-refractivity contribution in [1.29, 1.82) is 0 Å². The summed E-state index contributed by atoms with van der Waals surface area (Å²) >= 11 is 0. The molecule has 0 bridgehead atoms. The molecule has 3 heterocycles. The number of hydrogen-bond acceptors (Lipinski definition) is 4. The predicted molar refractivity (Wildman–Crippen MR) is 121 cm³/mol. The van der Waals surface area contributed by atoms with E-state index in [0.717, 1.165) is 54.1 Å². The summed E-state index contributed by atoms with van der Waals surface area (Å²) in [5.74, 6) is 0.895. The molecule has 1 atom stereocenters. The molecule has 2 aliphatic heterocycles. The van der Waals surface area contributed by atoms with E-state index in [2.05, 4.69) is 57.5 Å². The average molecular weight is 419 g/mol. The van der Waals surface area contributed by atoms with Crippen LogP contribution in [0.25, 0.3) is 10.9 Å². The molecule has 1 fully saturated rings. The van der Waals surface area contributed by atoms with Crippen molar-refractivity contribution in [3.63, 3.8) is 0 Å². The topological polar surface area (TPSA) is 33.5 Å². The maximum Gasteiger partial charge on any atom is 0.119 e. The number of allylic oxidation sites excluding steroid dienone is 1. The molecule has 0 aliphatic carbocycles. The Morgan fingerprint density at radius 3 is 2.77 bits per heavy atom. The van der Waals surface area contributed by atoms with Crippen LogP contribution in [0.15, 0.2) is 78.8 Å². The van der Waals surface area contributed by atoms with Crippen LogP contribution in [-0.2, 0) is 17.9 Å². The predicted octanol–water partition coefficient (Wildman–Crippen LogP) is 4.51. The summed E-state index contributed by atoms with van der Waals surface area (Å²) in [6.07, 6.45) is 8.07. The second-order valence-electron chi connectivity index (χ2n) is 8.15. The molecule has 2 aliphatic rings. The maximum absolute atomic E-state index is 13.4. The standard InChI is InChI=1S/C25H27FN4O/c26-22-8-11-28(18-22)14-15-30-25-7-6-23(16-21(25)17-27-30)29-12-9-24(10-13-29)31-19-20-4-2-1-3-5-20/h1-7,9-10,12,16-17,22H,8,11,13-15,18-19H2/t22-/m0/s1. The molecular formula is C25H27FN4O. The van der Waals surface area contributed by atoms with Crippen molar-refractivity contribution in [3.8, 4) is 0 Å². The van der Waals surface area contributed by atoms with Gasteiger partial charge in [-0.15, -0.1) is 0 Å². The first-order valence-corrected chi connectivity index (χ1v) is 10.9. The molecule has 5 nitrogen and oxygen atoms in total. The Morgan fingerprint density at radius 2 is 2.00 bits per heavy atom. The fourth-order valence-corrected chi connectivity index (χ4v) is 4.18. The van der Waals surface area contributed by atoms with Crippen molar-refractivity contribution >= 4 is 16.6 Å². The largest absolute Gasteiger partial charge is 0.489 e. The van der Waals surface area contributed by atoms with E-state index in [0.29, 0.717) is 19.6 Å². The smallest absolute Gasteiger partial charge is 0.119 e. The Hall–Kier alpha value is -3.12. The number of ether oxygens (including phenoxy) is 1. The van der Waals surface area contributed by atoms with Gasteiger partial charge >= 0.3 is 0 Å². The van der Waals surface area contributed by atoms with Crippen LogP contribution in [0.2, 0.25) is 0 Å². The number of rotatable bonds is 7. The summed E-state index contributed by atoms with van der Waals surface area (Å²) in [6.45, 7) is 4.35. The number of benzene rings is 2. The van der Waals surface area contributed by atoms with Crippen molar-refractivity contribution < 1.29 is 9.13 Å². The van der Waals surface area contributed by atoms with E-state index < -0.39 is 6.17 Å². The molecule has 3 aromatic rings. The van der Waals surface area contributed by atoms with Crippen molar-refractivity contribution in [2.75, 3.05) is 31.1 Å². The third kappa shape index (κ3) is 4.64. The van der Waals surface area contributed by atoms with Gasteiger partial charge in [0.1, 0.15) is 18.5 Å². The van der Waals surface area contributed by atoms with Gasteiger partial charge in [0.15, 0.2) is 0 Å². The van der Waals surface area contributed by atoms with Crippen LogP contribution in [0.4, 0.5) is 10.1 Å². The monoisotopic (exact) mass is 418 g/mol. The van der Waals surface area contributed by atoms with Crippen molar-refractivity contribution in [1.82, 2.24) is 14.7 Å². The molecule has 0 radical (unpaired) electrons. The Bertz CT molecular complexity index is 1090. The first-order valence-electron chi connectivity index (χ1n) is 10.9. The summed E-state index contributed by atoms with van der Waals surface area (Å²) in [4.78, 5) is 4.37. The van der Waals surface area contributed by atoms with Gasteiger partial charge in [0, 0.05) is 43.5 Å². The van der Waals surface area contributed by atoms with Crippen molar-refractivity contribution in [2.24, 2.45) is 0 Å². The molecule has 31 heavy (non-hydrogen) atoms. The molecule has 1 aromatic heterocycles. The lowest BCUT2D eigenvalue weighted by atomic mass is 10.2. The number of alkyl halides is 1. The number of halogens is 1. The van der Waals surface area contributed by atoms with Gasteiger partial charge in [-0.3, -0.25) is 9.58 Å². The molecule has 5 rings (SSSR count). The molecule has 0 N–H and O–H groups in total. The lowest BCUT2D eigenvalue weighted by Crippen LogP contribution is -2.25. The van der Waals surface area contributed by atoms with Gasteiger partial charge in [0.25, 0.3) is 0 Å². The zero-order valence-electron chi connectivity index (χ0n) is 17.5. The van der Waals surface area contributed by atoms with Gasteiger partial charge < -0.3 is 9.64 Å². The number of nitrogens with zero attached hydrogens (tertiary/aromatic N) is 4. The lowest BCUT2D eigenvalue weighted by Gasteiger charge is -2.23. The van der Waals surface area contributed by atoms with Crippen LogP contribution < -0.4 is 4.90 Å². The minimum atomic E-state index is -0.673. The zero-order chi connectivity index (χ0) is 21.0. The minimum Gasteiger partial charge on any atom is -0.489 e. The first-order chi connectivity index (χ1) is 15.2. The number of aromatic nitrogens is 2. The summed E-state index contributed by atoms with van der Waals surface area (Å²) in [6, 6.07) is 16.6. The van der Waals surface area contributed by atoms with E-state index in [1.54, 1.807) is 0 Å². The zero-order valence-corrected chi connectivity index (χ0v) is 17.5. The number of fused-ring (bicyclic) bond motifs is 1. The highest BCUT2D eigenvalue weighted by Crippen LogP contribution is 2.25. The van der Waals surface area contributed by atoms with Crippen LogP contribution in [0.5, 0.6) is 0 Å². The molecule has 0 saturated carbocycles. The van der Waals surface area contributed by atoms with Crippen LogP contribution >= 0.6 is 0 Å². The third-order valence-corrected chi connectivity index (χ3v) is 5.96. The van der Waals surface area contributed by atoms with E-state index in [9.17, 15) is 4.39 Å². The minimum absolute atomic E-state index is 0.551. The van der Waals surface area contributed by atoms with E-state index in [4.69, 9.17) is 4.74 Å². The summed E-state index contributed by atoms with van der Waals surface area (Å²) in [7, 11) is 0. The molecular weight excluding hydrogens is 391 g/mol. The maximum atomic E-state index is 13.4. The van der Waals surface area contributed by atoms with Crippen molar-refractivity contribution in [2.45, 2.75) is 25.7 Å². The van der Waals surface area contributed by atoms with Gasteiger partial charge in [-0.1, -0.05) is 30.3 Å². The molecule has 0 unspecified atom stereocenters. The van der Waals surface area contributed by atoms with Crippen LogP contribution in [-0.4, -0.2) is 47.0 Å². The van der Waals surface area contributed by atoms with Crippen LogP contribution in [0, 0.1) is 0 Å². The van der Waals surface area contributed by atoms with Gasteiger partial charge in [-0.25, -0.2) is 4.39 Å². The number of anilines is 1. The normalized spacial score (nSPS) is 19.2. The first kappa shape index (κ1) is 19.8. The van der Waals surface area contributed by atoms with E-state index in [1.165, 1.54) is 0 Å². The van der Waals surface area contributed by atoms with Crippen LogP contribution in [0.3, 0.4) is 0 Å². The highest BCUT2D eigenvalue weighted by atomic mass is 19.1. The Morgan fingerprint density at radius 1 is 1.10 bits per heavy atom. The number of likely N-dealkylation sites (tertiary alicyclic amines) is 1. The van der Waals surface area contributed by atoms with E-state index in [-0.39, 0.29) is 0 Å². The third-order valence-electron chi connectivity index (χ3n) is 5.96. The van der Waals surface area contributed by atoms with E-state index >= 15 is 0 Å². The summed E-state index contributed by atoms with van der Waals surface area (Å²) in [5, 5.41) is 5.67. The quantitative estimate of drug-likeness (QED) is 0.565. The highest BCUT2D eigenvalue weighted by molar-refractivity contribution is 5.83. The van der Waals surface area contributed by atoms with Gasteiger partial charge in [0.2, 0.25) is 0 Å². The van der Waals surface area contributed by atoms with Crippen LogP contribution in [0.1, 0.15) is 12.0 Å². The number of hydrogen-bond donors (Lipinski definition) is 0. The van der Waals surface area contributed by atoms with Crippen molar-refractivity contribution in [3.05, 3.63) is 84.4 Å². The summed E-state index contributed by atoms with van der Waals surface area (Å²) in [5.41, 5.74) is 3.40. The molecule has 0 amide bonds. The second-order valence-corrected chi connectivity index (χ2v) is 8.15. The molecule has 2 aromatic carbocycles. The Balaban J connectivity index is 1.19. The summed E-state index contributed by atoms with van der Waals surface area (Å²) < 4.78 is 21.3. The van der Waals surface area contributed by atoms with Gasteiger partial charge in [0.05, 0.1) is 18.3 Å². The fourth-order valence-electron chi connectivity index (χ4n) is 4.18. The molecule has 0 spiro atoms. The second kappa shape index (κ2) is 8.94. The lowest BCUT2D eigenvalue weighted by molar-refractivity contribution is 0.209. The molecule has 6 heteroatoms. The highest BCUT2D eigenvalue weighted by Gasteiger charge is 2.21. The molecule has 1 saturated heterocycles. The van der Waals surface area contributed by atoms with Gasteiger partial charge in [-0.2, -0.15) is 5.10 Å². The fraction of sp³-hybridized carbons (Fsp3) is 0.320. The molecule has 160 valence electrons. The van der Waals surface area contributed by atoms with E-state index in [1.807, 2.05) is 35.2 Å². The van der Waals surface area contributed by atoms with Gasteiger partial charge in [-0.05, 0) is 42.3 Å². The average Bonchev–Trinajstić information content (AvgIpc) is 3.42.